The van der Waals surface area contributed by atoms with Gasteiger partial charge in [0.25, 0.3) is 5.82 Å². The van der Waals surface area contributed by atoms with E-state index in [4.69, 9.17) is 5.73 Å². The maximum Gasteiger partial charge on any atom is 0.377 e. The van der Waals surface area contributed by atoms with E-state index in [-0.39, 0.29) is 11.9 Å². The molecule has 2 N–H and O–H groups in total. The van der Waals surface area contributed by atoms with Crippen LogP contribution in [0.5, 0.6) is 0 Å². The van der Waals surface area contributed by atoms with Crippen molar-refractivity contribution in [3.05, 3.63) is 34.0 Å². The molecule has 1 unspecified atom stereocenters. The van der Waals surface area contributed by atoms with Gasteiger partial charge in [0.1, 0.15) is 12.4 Å². The van der Waals surface area contributed by atoms with Gasteiger partial charge in [-0.05, 0) is 23.9 Å². The molecule has 0 bridgehead atoms. The number of aryl methyl sites for hydroxylation is 1. The Morgan fingerprint density at radius 3 is 3.00 bits per heavy atom. The van der Waals surface area contributed by atoms with Gasteiger partial charge in [-0.2, -0.15) is 0 Å². The summed E-state index contributed by atoms with van der Waals surface area (Å²) in [6, 6.07) is 1.93. The van der Waals surface area contributed by atoms with Crippen LogP contribution < -0.4 is 5.73 Å². The summed E-state index contributed by atoms with van der Waals surface area (Å²) in [6.07, 6.45) is 1.50. The van der Waals surface area contributed by atoms with Crippen molar-refractivity contribution < 1.29 is 9.53 Å². The van der Waals surface area contributed by atoms with Crippen LogP contribution in [0.1, 0.15) is 27.1 Å². The second-order valence-electron chi connectivity index (χ2n) is 3.76. The lowest BCUT2D eigenvalue weighted by molar-refractivity contribution is 0.0586. The van der Waals surface area contributed by atoms with Crippen molar-refractivity contribution in [2.75, 3.05) is 13.7 Å². The first-order valence-electron chi connectivity index (χ1n) is 5.41. The van der Waals surface area contributed by atoms with Gasteiger partial charge < -0.3 is 10.5 Å². The number of thiophene rings is 1. The number of rotatable bonds is 4. The highest BCUT2D eigenvalue weighted by molar-refractivity contribution is 7.10. The molecular formula is C11H14N4O2S. The molecule has 0 aliphatic carbocycles. The van der Waals surface area contributed by atoms with Gasteiger partial charge >= 0.3 is 5.97 Å². The number of nitrogens with two attached hydrogens (primary N) is 1. The van der Waals surface area contributed by atoms with Crippen molar-refractivity contribution in [1.82, 2.24) is 14.8 Å². The summed E-state index contributed by atoms with van der Waals surface area (Å²) in [7, 11) is 1.30. The predicted octanol–water partition coefficient (Wildman–Crippen LogP) is 0.983. The number of hydrogen-bond acceptors (Lipinski definition) is 6. The lowest BCUT2D eigenvalue weighted by Gasteiger charge is -2.14. The second kappa shape index (κ2) is 5.28. The van der Waals surface area contributed by atoms with E-state index in [0.717, 1.165) is 10.4 Å². The molecule has 18 heavy (non-hydrogen) atoms. The minimum Gasteiger partial charge on any atom is -0.463 e. The fourth-order valence-electron chi connectivity index (χ4n) is 1.67. The van der Waals surface area contributed by atoms with E-state index in [1.807, 2.05) is 18.4 Å². The molecule has 2 heterocycles. The molecule has 2 rings (SSSR count). The molecule has 96 valence electrons. The Balaban J connectivity index is 2.31. The number of esters is 1. The molecule has 7 heteroatoms. The van der Waals surface area contributed by atoms with E-state index in [9.17, 15) is 4.79 Å². The first-order chi connectivity index (χ1) is 8.67. The van der Waals surface area contributed by atoms with E-state index in [1.165, 1.54) is 13.4 Å². The van der Waals surface area contributed by atoms with E-state index in [1.54, 1.807) is 16.0 Å². The molecule has 0 aliphatic heterocycles. The van der Waals surface area contributed by atoms with Crippen LogP contribution in [0.15, 0.2) is 17.8 Å². The van der Waals surface area contributed by atoms with Crippen molar-refractivity contribution in [1.29, 1.82) is 0 Å². The highest BCUT2D eigenvalue weighted by Crippen LogP contribution is 2.25. The van der Waals surface area contributed by atoms with Crippen molar-refractivity contribution >= 4 is 17.3 Å². The fraction of sp³-hybridized carbons (Fsp3) is 0.364. The molecule has 0 saturated carbocycles. The number of ether oxygens (including phenoxy) is 1. The zero-order valence-corrected chi connectivity index (χ0v) is 11.0. The summed E-state index contributed by atoms with van der Waals surface area (Å²) in [5.74, 6) is -0.502. The largest absolute Gasteiger partial charge is 0.463 e. The zero-order valence-electron chi connectivity index (χ0n) is 10.2. The Kier molecular flexibility index (Phi) is 3.73. The van der Waals surface area contributed by atoms with E-state index < -0.39 is 5.97 Å². The lowest BCUT2D eigenvalue weighted by atomic mass is 10.2. The quantitative estimate of drug-likeness (QED) is 0.834. The van der Waals surface area contributed by atoms with E-state index in [0.29, 0.717) is 6.54 Å². The van der Waals surface area contributed by atoms with Crippen LogP contribution in [0.3, 0.4) is 0 Å². The highest BCUT2D eigenvalue weighted by Gasteiger charge is 2.19. The molecule has 0 saturated heterocycles. The number of carbonyl (C=O) groups excluding carboxylic acids is 1. The molecule has 0 spiro atoms. The van der Waals surface area contributed by atoms with Gasteiger partial charge in [0.05, 0.1) is 7.11 Å². The minimum atomic E-state index is -0.549. The second-order valence-corrected chi connectivity index (χ2v) is 4.71. The van der Waals surface area contributed by atoms with Crippen LogP contribution in [0, 0.1) is 6.92 Å². The van der Waals surface area contributed by atoms with Crippen LogP contribution in [0.2, 0.25) is 0 Å². The summed E-state index contributed by atoms with van der Waals surface area (Å²) < 4.78 is 6.17. The average molecular weight is 266 g/mol. The molecule has 0 radical (unpaired) electrons. The van der Waals surface area contributed by atoms with Gasteiger partial charge in [0.2, 0.25) is 0 Å². The van der Waals surface area contributed by atoms with Gasteiger partial charge in [-0.1, -0.05) is 0 Å². The monoisotopic (exact) mass is 266 g/mol. The summed E-state index contributed by atoms with van der Waals surface area (Å²) in [5, 5.41) is 6.11. The van der Waals surface area contributed by atoms with E-state index >= 15 is 0 Å². The Labute approximate surface area is 108 Å². The van der Waals surface area contributed by atoms with Gasteiger partial charge in [0.15, 0.2) is 0 Å². The predicted molar refractivity (Wildman–Crippen MR) is 67.6 cm³/mol. The van der Waals surface area contributed by atoms with Crippen molar-refractivity contribution in [3.63, 3.8) is 0 Å². The lowest BCUT2D eigenvalue weighted by Crippen LogP contribution is -2.21. The van der Waals surface area contributed by atoms with Crippen molar-refractivity contribution in [2.45, 2.75) is 13.0 Å². The minimum absolute atomic E-state index is 0.0464. The molecule has 0 aromatic carbocycles. The SMILES string of the molecule is COC(=O)c1ncn(C(CN)c2sccc2C)n1. The van der Waals surface area contributed by atoms with Gasteiger partial charge in [-0.15, -0.1) is 16.4 Å². The Bertz CT molecular complexity index is 549. The number of carbonyl (C=O) groups is 1. The summed E-state index contributed by atoms with van der Waals surface area (Å²) in [4.78, 5) is 16.3. The molecule has 0 aliphatic rings. The van der Waals surface area contributed by atoms with Crippen LogP contribution in [-0.4, -0.2) is 34.4 Å². The van der Waals surface area contributed by atoms with Crippen LogP contribution in [-0.2, 0) is 4.74 Å². The molecule has 6 nitrogen and oxygen atoms in total. The first-order valence-corrected chi connectivity index (χ1v) is 6.28. The van der Waals surface area contributed by atoms with E-state index in [2.05, 4.69) is 14.8 Å². The summed E-state index contributed by atoms with van der Waals surface area (Å²) >= 11 is 1.62. The zero-order chi connectivity index (χ0) is 13.1. The first kappa shape index (κ1) is 12.7. The maximum atomic E-state index is 11.3. The van der Waals surface area contributed by atoms with Gasteiger partial charge in [-0.3, -0.25) is 0 Å². The topological polar surface area (TPSA) is 83.0 Å². The number of hydrogen-bond donors (Lipinski definition) is 1. The Morgan fingerprint density at radius 2 is 2.44 bits per heavy atom. The summed E-state index contributed by atoms with van der Waals surface area (Å²) in [5.41, 5.74) is 6.94. The molecule has 1 atom stereocenters. The Morgan fingerprint density at radius 1 is 1.67 bits per heavy atom. The average Bonchev–Trinajstić information content (AvgIpc) is 3.00. The summed E-state index contributed by atoms with van der Waals surface area (Å²) in [6.45, 7) is 2.41. The van der Waals surface area contributed by atoms with Crippen molar-refractivity contribution in [2.24, 2.45) is 5.73 Å². The van der Waals surface area contributed by atoms with Gasteiger partial charge in [0, 0.05) is 11.4 Å². The smallest absolute Gasteiger partial charge is 0.377 e. The molecule has 2 aromatic heterocycles. The standard InChI is InChI=1S/C11H14N4O2S/c1-7-3-4-18-9(7)8(5-12)15-6-13-10(14-15)11(16)17-2/h3-4,6,8H,5,12H2,1-2H3. The number of nitrogens with zero attached hydrogens (tertiary/aromatic N) is 3. The highest BCUT2D eigenvalue weighted by atomic mass is 32.1. The molecular weight excluding hydrogens is 252 g/mol. The van der Waals surface area contributed by atoms with Crippen molar-refractivity contribution in [3.8, 4) is 0 Å². The molecule has 0 fully saturated rings. The van der Waals surface area contributed by atoms with Crippen LogP contribution in [0.25, 0.3) is 0 Å². The van der Waals surface area contributed by atoms with Gasteiger partial charge in [-0.25, -0.2) is 14.5 Å². The third-order valence-corrected chi connectivity index (χ3v) is 3.74. The molecule has 2 aromatic rings. The fourth-order valence-corrected chi connectivity index (χ4v) is 2.70. The number of methoxy groups -OCH3 is 1. The van der Waals surface area contributed by atoms with Crippen LogP contribution >= 0.6 is 11.3 Å². The maximum absolute atomic E-state index is 11.3. The third kappa shape index (κ3) is 2.27. The third-order valence-electron chi connectivity index (χ3n) is 2.62. The normalized spacial score (nSPS) is 12.4. The molecule has 0 amide bonds. The Hall–Kier alpha value is -1.73. The van der Waals surface area contributed by atoms with Crippen LogP contribution in [0.4, 0.5) is 0 Å². The number of aromatic nitrogens is 3.